The Morgan fingerprint density at radius 3 is 2.10 bits per heavy atom. The molecule has 0 aromatic heterocycles. The number of imide groups is 1. The number of nitrogens with zero attached hydrogens (tertiary/aromatic N) is 2. The van der Waals surface area contributed by atoms with E-state index in [2.05, 4.69) is 0 Å². The number of phenolic OH excluding ortho intramolecular Hbond substituents is 1. The Kier molecular flexibility index (Phi) is 5.10. The zero-order valence-electron chi connectivity index (χ0n) is 12.2. The van der Waals surface area contributed by atoms with Gasteiger partial charge in [-0.2, -0.15) is 0 Å². The first-order valence-electron chi connectivity index (χ1n) is 6.64. The van der Waals surface area contributed by atoms with E-state index in [1.54, 1.807) is 13.8 Å². The third-order valence-electron chi connectivity index (χ3n) is 3.29. The lowest BCUT2D eigenvalue weighted by Crippen LogP contribution is -2.63. The zero-order chi connectivity index (χ0) is 15.4. The molecule has 110 valence electrons. The number of phenols is 1. The van der Waals surface area contributed by atoms with Gasteiger partial charge < -0.3 is 5.11 Å². The van der Waals surface area contributed by atoms with Gasteiger partial charge in [0, 0.05) is 0 Å². The van der Waals surface area contributed by atoms with E-state index in [-0.39, 0.29) is 23.6 Å². The van der Waals surface area contributed by atoms with E-state index < -0.39 is 6.03 Å². The molecule has 0 radical (unpaired) electrons. The van der Waals surface area contributed by atoms with Crippen molar-refractivity contribution >= 4 is 17.6 Å². The molecular formula is C14H21N3O3. The molecule has 0 spiro atoms. The molecule has 1 aromatic rings. The number of hydrazine groups is 1. The summed E-state index contributed by atoms with van der Waals surface area (Å²) in [6.45, 7) is 7.46. The molecule has 0 aliphatic carbocycles. The number of hydrogen-bond acceptors (Lipinski definition) is 4. The van der Waals surface area contributed by atoms with Gasteiger partial charge in [-0.25, -0.2) is 15.5 Å². The summed E-state index contributed by atoms with van der Waals surface area (Å²) in [5.74, 6) is 5.08. The lowest BCUT2D eigenvalue weighted by Gasteiger charge is -2.39. The highest BCUT2D eigenvalue weighted by molar-refractivity contribution is 6.16. The summed E-state index contributed by atoms with van der Waals surface area (Å²) < 4.78 is 0. The van der Waals surface area contributed by atoms with Crippen molar-refractivity contribution in [3.05, 3.63) is 24.3 Å². The molecule has 1 aliphatic heterocycles. The number of aromatic hydroxyl groups is 1. The smallest absolute Gasteiger partial charge is 0.345 e. The molecule has 6 heteroatoms. The van der Waals surface area contributed by atoms with Crippen LogP contribution < -0.4 is 10.7 Å². The second-order valence-corrected chi connectivity index (χ2v) is 4.41. The van der Waals surface area contributed by atoms with Gasteiger partial charge in [0.2, 0.25) is 5.91 Å². The molecule has 20 heavy (non-hydrogen) atoms. The van der Waals surface area contributed by atoms with Crippen molar-refractivity contribution in [3.8, 4) is 5.75 Å². The number of carbonyl (C=O) groups is 2. The average molecular weight is 279 g/mol. The van der Waals surface area contributed by atoms with Crippen molar-refractivity contribution in [2.24, 2.45) is 11.8 Å². The van der Waals surface area contributed by atoms with E-state index in [4.69, 9.17) is 5.84 Å². The molecular weight excluding hydrogens is 258 g/mol. The van der Waals surface area contributed by atoms with Crippen molar-refractivity contribution < 1.29 is 14.7 Å². The van der Waals surface area contributed by atoms with Crippen LogP contribution in [-0.4, -0.2) is 28.1 Å². The van der Waals surface area contributed by atoms with Gasteiger partial charge in [0.15, 0.2) is 0 Å². The zero-order valence-corrected chi connectivity index (χ0v) is 12.2. The molecule has 1 aliphatic rings. The molecule has 1 heterocycles. The number of carbonyl (C=O) groups excluding carboxylic acids is 2. The Balaban J connectivity index is 0.000000956. The van der Waals surface area contributed by atoms with E-state index in [9.17, 15) is 14.7 Å². The largest absolute Gasteiger partial charge is 0.508 e. The molecule has 2 unspecified atom stereocenters. The van der Waals surface area contributed by atoms with Crippen LogP contribution in [0.25, 0.3) is 0 Å². The Morgan fingerprint density at radius 1 is 1.10 bits per heavy atom. The first kappa shape index (κ1) is 16.0. The molecule has 0 bridgehead atoms. The van der Waals surface area contributed by atoms with Crippen molar-refractivity contribution in [3.63, 3.8) is 0 Å². The molecule has 0 saturated carbocycles. The average Bonchev–Trinajstić information content (AvgIpc) is 2.47. The predicted octanol–water partition coefficient (Wildman–Crippen LogP) is 2.09. The summed E-state index contributed by atoms with van der Waals surface area (Å²) in [4.78, 5) is 25.2. The number of amides is 3. The van der Waals surface area contributed by atoms with Crippen LogP contribution in [0.3, 0.4) is 0 Å². The lowest BCUT2D eigenvalue weighted by atomic mass is 9.99. The third-order valence-corrected chi connectivity index (χ3v) is 3.29. The molecule has 2 atom stereocenters. The van der Waals surface area contributed by atoms with Gasteiger partial charge in [-0.1, -0.05) is 20.8 Å². The van der Waals surface area contributed by atoms with Crippen molar-refractivity contribution in [2.45, 2.75) is 33.7 Å². The Morgan fingerprint density at radius 2 is 1.60 bits per heavy atom. The maximum Gasteiger partial charge on any atom is 0.345 e. The van der Waals surface area contributed by atoms with E-state index in [1.807, 2.05) is 13.8 Å². The highest BCUT2D eigenvalue weighted by atomic mass is 16.3. The molecule has 2 rings (SSSR count). The van der Waals surface area contributed by atoms with Crippen molar-refractivity contribution in [2.75, 3.05) is 4.90 Å². The minimum atomic E-state index is -0.559. The number of rotatable bonds is 1. The van der Waals surface area contributed by atoms with E-state index in [0.717, 1.165) is 9.91 Å². The Bertz CT molecular complexity index is 465. The maximum atomic E-state index is 12.1. The highest BCUT2D eigenvalue weighted by Crippen LogP contribution is 2.27. The number of anilines is 1. The second kappa shape index (κ2) is 6.38. The van der Waals surface area contributed by atoms with Crippen LogP contribution in [0, 0.1) is 5.92 Å². The molecule has 3 amide bonds. The van der Waals surface area contributed by atoms with Crippen LogP contribution in [0.4, 0.5) is 10.5 Å². The maximum absolute atomic E-state index is 12.1. The van der Waals surface area contributed by atoms with Crippen LogP contribution in [0.15, 0.2) is 24.3 Å². The number of urea groups is 1. The van der Waals surface area contributed by atoms with Crippen molar-refractivity contribution in [1.82, 2.24) is 5.01 Å². The summed E-state index contributed by atoms with van der Waals surface area (Å²) in [7, 11) is 0. The fourth-order valence-corrected chi connectivity index (χ4v) is 1.87. The first-order valence-corrected chi connectivity index (χ1v) is 6.64. The summed E-state index contributed by atoms with van der Waals surface area (Å²) in [6, 6.07) is 4.94. The molecule has 1 aromatic carbocycles. The van der Waals surface area contributed by atoms with Crippen LogP contribution >= 0.6 is 0 Å². The summed E-state index contributed by atoms with van der Waals surface area (Å²) >= 11 is 0. The fraction of sp³-hybridized carbons (Fsp3) is 0.429. The monoisotopic (exact) mass is 279 g/mol. The number of benzene rings is 1. The van der Waals surface area contributed by atoms with Crippen molar-refractivity contribution in [1.29, 1.82) is 0 Å². The predicted molar refractivity (Wildman–Crippen MR) is 77.0 cm³/mol. The van der Waals surface area contributed by atoms with E-state index in [0.29, 0.717) is 5.69 Å². The van der Waals surface area contributed by atoms with Gasteiger partial charge in [-0.05, 0) is 31.2 Å². The normalized spacial score (nSPS) is 22.4. The summed E-state index contributed by atoms with van der Waals surface area (Å²) in [5.41, 5.74) is 0.400. The quantitative estimate of drug-likeness (QED) is 0.608. The summed E-state index contributed by atoms with van der Waals surface area (Å²) in [6.07, 6.45) is 0. The van der Waals surface area contributed by atoms with Gasteiger partial charge in [-0.15, -0.1) is 0 Å². The topological polar surface area (TPSA) is 86.9 Å². The first-order chi connectivity index (χ1) is 9.43. The SMILES string of the molecule is CC.CC1C(=O)N(c2ccc(O)cc2)C(=O)N(N)C1C. The number of hydrogen-bond donors (Lipinski definition) is 2. The van der Waals surface area contributed by atoms with Gasteiger partial charge in [-0.3, -0.25) is 9.80 Å². The molecule has 6 nitrogen and oxygen atoms in total. The van der Waals surface area contributed by atoms with Crippen LogP contribution in [0.5, 0.6) is 5.75 Å². The molecule has 1 fully saturated rings. The fourth-order valence-electron chi connectivity index (χ4n) is 1.87. The molecule has 1 saturated heterocycles. The van der Waals surface area contributed by atoms with Gasteiger partial charge in [0.1, 0.15) is 5.75 Å². The van der Waals surface area contributed by atoms with Crippen LogP contribution in [0.2, 0.25) is 0 Å². The third kappa shape index (κ3) is 2.75. The van der Waals surface area contributed by atoms with Gasteiger partial charge >= 0.3 is 6.03 Å². The van der Waals surface area contributed by atoms with Crippen LogP contribution in [-0.2, 0) is 4.79 Å². The van der Waals surface area contributed by atoms with Crippen LogP contribution in [0.1, 0.15) is 27.7 Å². The standard InChI is InChI=1S/C12H15N3O3.C2H6/c1-7-8(2)15(13)12(18)14(11(7)17)9-3-5-10(16)6-4-9;1-2/h3-8,16H,13H2,1-2H3;1-2H3. The second-order valence-electron chi connectivity index (χ2n) is 4.41. The Labute approximate surface area is 118 Å². The summed E-state index contributed by atoms with van der Waals surface area (Å²) in [5, 5.41) is 10.3. The van der Waals surface area contributed by atoms with Gasteiger partial charge in [0.25, 0.3) is 0 Å². The highest BCUT2D eigenvalue weighted by Gasteiger charge is 2.41. The minimum absolute atomic E-state index is 0.0710. The van der Waals surface area contributed by atoms with Gasteiger partial charge in [0.05, 0.1) is 17.6 Å². The van der Waals surface area contributed by atoms with E-state index in [1.165, 1.54) is 24.3 Å². The van der Waals surface area contributed by atoms with E-state index >= 15 is 0 Å². The Hall–Kier alpha value is -2.08. The molecule has 3 N–H and O–H groups in total. The minimum Gasteiger partial charge on any atom is -0.508 e. The lowest BCUT2D eigenvalue weighted by molar-refractivity contribution is -0.124. The number of nitrogens with two attached hydrogens (primary N) is 1.